The number of hydrogen-bond acceptors (Lipinski definition) is 2. The first-order chi connectivity index (χ1) is 11.7. The Bertz CT molecular complexity index is 1040. The topological polar surface area (TPSA) is 32.0 Å². The molecule has 4 rings (SSSR count). The third-order valence-electron chi connectivity index (χ3n) is 4.41. The lowest BCUT2D eigenvalue weighted by Crippen LogP contribution is -2.12. The summed E-state index contributed by atoms with van der Waals surface area (Å²) in [5.41, 5.74) is 5.12. The predicted octanol–water partition coefficient (Wildman–Crippen LogP) is 4.72. The highest BCUT2D eigenvalue weighted by molar-refractivity contribution is 6.09. The van der Waals surface area contributed by atoms with Crippen LogP contribution in [0.25, 0.3) is 27.5 Å². The molecule has 24 heavy (non-hydrogen) atoms. The van der Waals surface area contributed by atoms with E-state index in [9.17, 15) is 5.26 Å². The SMILES string of the molecule is CN(C)c1cc(C#N)ccc1-n1c2ccccc2c2ccccc21. The highest BCUT2D eigenvalue weighted by Gasteiger charge is 2.15. The number of fused-ring (bicyclic) bond motifs is 3. The minimum absolute atomic E-state index is 0.670. The van der Waals surface area contributed by atoms with Crippen LogP contribution in [0.5, 0.6) is 0 Å². The minimum Gasteiger partial charge on any atom is -0.376 e. The van der Waals surface area contributed by atoms with Crippen molar-refractivity contribution in [3.8, 4) is 11.8 Å². The van der Waals surface area contributed by atoms with Crippen molar-refractivity contribution in [2.24, 2.45) is 0 Å². The lowest BCUT2D eigenvalue weighted by molar-refractivity contribution is 1.08. The van der Waals surface area contributed by atoms with Crippen molar-refractivity contribution in [1.29, 1.82) is 5.26 Å². The maximum absolute atomic E-state index is 9.23. The van der Waals surface area contributed by atoms with E-state index in [0.29, 0.717) is 5.56 Å². The van der Waals surface area contributed by atoms with Crippen LogP contribution < -0.4 is 4.90 Å². The molecule has 0 bridgehead atoms. The van der Waals surface area contributed by atoms with Gasteiger partial charge in [0.15, 0.2) is 0 Å². The number of aromatic nitrogens is 1. The number of benzene rings is 3. The van der Waals surface area contributed by atoms with E-state index in [0.717, 1.165) is 11.4 Å². The van der Waals surface area contributed by atoms with Crippen LogP contribution in [0.4, 0.5) is 5.69 Å². The molecule has 116 valence electrons. The van der Waals surface area contributed by atoms with Gasteiger partial charge in [0.2, 0.25) is 0 Å². The molecule has 0 fully saturated rings. The Balaban J connectivity index is 2.16. The molecule has 4 aromatic rings. The third kappa shape index (κ3) is 2.04. The third-order valence-corrected chi connectivity index (χ3v) is 4.41. The lowest BCUT2D eigenvalue weighted by Gasteiger charge is -2.19. The Morgan fingerprint density at radius 2 is 1.42 bits per heavy atom. The molecule has 1 heterocycles. The maximum atomic E-state index is 9.23. The van der Waals surface area contributed by atoms with E-state index in [1.54, 1.807) is 0 Å². The Morgan fingerprint density at radius 1 is 0.833 bits per heavy atom. The van der Waals surface area contributed by atoms with Crippen molar-refractivity contribution in [2.45, 2.75) is 0 Å². The first-order valence-electron chi connectivity index (χ1n) is 7.91. The summed E-state index contributed by atoms with van der Waals surface area (Å²) in [4.78, 5) is 2.06. The zero-order valence-electron chi connectivity index (χ0n) is 13.7. The van der Waals surface area contributed by atoms with Gasteiger partial charge in [0.25, 0.3) is 0 Å². The van der Waals surface area contributed by atoms with Crippen molar-refractivity contribution in [3.63, 3.8) is 0 Å². The van der Waals surface area contributed by atoms with Gasteiger partial charge in [0, 0.05) is 24.9 Å². The summed E-state index contributed by atoms with van der Waals surface area (Å²) in [5, 5.41) is 11.7. The van der Waals surface area contributed by atoms with Crippen molar-refractivity contribution in [3.05, 3.63) is 72.3 Å². The summed E-state index contributed by atoms with van der Waals surface area (Å²) in [6.45, 7) is 0. The Morgan fingerprint density at radius 3 is 1.96 bits per heavy atom. The van der Waals surface area contributed by atoms with Gasteiger partial charge in [-0.2, -0.15) is 5.26 Å². The summed E-state index contributed by atoms with van der Waals surface area (Å²) in [7, 11) is 4.02. The van der Waals surface area contributed by atoms with Crippen LogP contribution in [0.15, 0.2) is 66.7 Å². The Hall–Kier alpha value is -3.25. The van der Waals surface area contributed by atoms with E-state index in [1.807, 2.05) is 32.3 Å². The smallest absolute Gasteiger partial charge is 0.0992 e. The van der Waals surface area contributed by atoms with Gasteiger partial charge in [0.1, 0.15) is 0 Å². The van der Waals surface area contributed by atoms with Gasteiger partial charge in [0.05, 0.1) is 34.0 Å². The van der Waals surface area contributed by atoms with E-state index < -0.39 is 0 Å². The minimum atomic E-state index is 0.670. The fourth-order valence-corrected chi connectivity index (χ4v) is 3.32. The van der Waals surface area contributed by atoms with Crippen LogP contribution in [-0.2, 0) is 0 Å². The number of anilines is 1. The average Bonchev–Trinajstić information content (AvgIpc) is 2.95. The molecule has 0 saturated heterocycles. The van der Waals surface area contributed by atoms with Gasteiger partial charge in [-0.15, -0.1) is 0 Å². The molecule has 0 N–H and O–H groups in total. The van der Waals surface area contributed by atoms with Gasteiger partial charge in [-0.25, -0.2) is 0 Å². The van der Waals surface area contributed by atoms with E-state index in [1.165, 1.54) is 21.8 Å². The largest absolute Gasteiger partial charge is 0.376 e. The number of hydrogen-bond donors (Lipinski definition) is 0. The summed E-state index contributed by atoms with van der Waals surface area (Å²) in [6, 6.07) is 25.0. The number of para-hydroxylation sites is 2. The molecule has 3 aromatic carbocycles. The molecule has 0 spiro atoms. The molecule has 0 atom stereocenters. The van der Waals surface area contributed by atoms with Crippen LogP contribution in [-0.4, -0.2) is 18.7 Å². The van der Waals surface area contributed by atoms with Crippen molar-refractivity contribution in [2.75, 3.05) is 19.0 Å². The number of nitrogens with zero attached hydrogens (tertiary/aromatic N) is 3. The normalized spacial score (nSPS) is 10.9. The molecule has 3 heteroatoms. The second-order valence-electron chi connectivity index (χ2n) is 6.08. The summed E-state index contributed by atoms with van der Waals surface area (Å²) >= 11 is 0. The summed E-state index contributed by atoms with van der Waals surface area (Å²) < 4.78 is 2.28. The van der Waals surface area contributed by atoms with Crippen LogP contribution in [0.3, 0.4) is 0 Å². The molecule has 0 radical (unpaired) electrons. The summed E-state index contributed by atoms with van der Waals surface area (Å²) in [6.07, 6.45) is 0. The molecule has 0 saturated carbocycles. The maximum Gasteiger partial charge on any atom is 0.0992 e. The van der Waals surface area contributed by atoms with Gasteiger partial charge >= 0.3 is 0 Å². The highest BCUT2D eigenvalue weighted by Crippen LogP contribution is 2.35. The second-order valence-corrected chi connectivity index (χ2v) is 6.08. The van der Waals surface area contributed by atoms with Crippen LogP contribution >= 0.6 is 0 Å². The number of rotatable bonds is 2. The van der Waals surface area contributed by atoms with Gasteiger partial charge in [-0.05, 0) is 30.3 Å². The van der Waals surface area contributed by atoms with Gasteiger partial charge < -0.3 is 9.47 Å². The fraction of sp³-hybridized carbons (Fsp3) is 0.0952. The molecule has 3 nitrogen and oxygen atoms in total. The molecule has 0 aliphatic carbocycles. The van der Waals surface area contributed by atoms with E-state index in [2.05, 4.69) is 64.1 Å². The van der Waals surface area contributed by atoms with E-state index >= 15 is 0 Å². The average molecular weight is 311 g/mol. The lowest BCUT2D eigenvalue weighted by atomic mass is 10.1. The molecule has 0 amide bonds. The first kappa shape index (κ1) is 14.3. The molecule has 1 aromatic heterocycles. The zero-order chi connectivity index (χ0) is 16.7. The second kappa shape index (κ2) is 5.43. The molecular formula is C21H17N3. The van der Waals surface area contributed by atoms with Crippen LogP contribution in [0, 0.1) is 11.3 Å². The predicted molar refractivity (Wildman–Crippen MR) is 99.8 cm³/mol. The van der Waals surface area contributed by atoms with Crippen LogP contribution in [0.1, 0.15) is 5.56 Å². The molecule has 0 unspecified atom stereocenters. The first-order valence-corrected chi connectivity index (χ1v) is 7.91. The monoisotopic (exact) mass is 311 g/mol. The van der Waals surface area contributed by atoms with Crippen LogP contribution in [0.2, 0.25) is 0 Å². The van der Waals surface area contributed by atoms with E-state index in [-0.39, 0.29) is 0 Å². The zero-order valence-corrected chi connectivity index (χ0v) is 13.7. The molecular weight excluding hydrogens is 294 g/mol. The number of nitriles is 1. The van der Waals surface area contributed by atoms with Crippen molar-refractivity contribution in [1.82, 2.24) is 4.57 Å². The molecule has 0 aliphatic heterocycles. The quantitative estimate of drug-likeness (QED) is 0.536. The Labute approximate surface area is 141 Å². The Kier molecular flexibility index (Phi) is 3.25. The van der Waals surface area contributed by atoms with Gasteiger partial charge in [-0.3, -0.25) is 0 Å². The molecule has 0 aliphatic rings. The standard InChI is InChI=1S/C21H17N3/c1-23(2)21-13-15(14-22)11-12-20(21)24-18-9-5-3-7-16(18)17-8-4-6-10-19(17)24/h3-13H,1-2H3. The fourth-order valence-electron chi connectivity index (χ4n) is 3.32. The highest BCUT2D eigenvalue weighted by atomic mass is 15.1. The van der Waals surface area contributed by atoms with Crippen molar-refractivity contribution >= 4 is 27.5 Å². The van der Waals surface area contributed by atoms with Gasteiger partial charge in [-0.1, -0.05) is 36.4 Å². The van der Waals surface area contributed by atoms with E-state index in [4.69, 9.17) is 0 Å². The van der Waals surface area contributed by atoms with Crippen molar-refractivity contribution < 1.29 is 0 Å². The summed E-state index contributed by atoms with van der Waals surface area (Å²) in [5.74, 6) is 0.